The molecule has 1 rings (SSSR count). The third kappa shape index (κ3) is 2.78. The number of nitrogens with zero attached hydrogens (tertiary/aromatic N) is 1. The normalized spacial score (nSPS) is 12.1. The molecule has 7 nitrogen and oxygen atoms in total. The molecule has 1 amide bonds. The maximum absolute atomic E-state index is 11.4. The van der Waals surface area contributed by atoms with Gasteiger partial charge < -0.3 is 15.5 Å². The third-order valence-corrected chi connectivity index (χ3v) is 1.82. The topological polar surface area (TPSA) is 115 Å². The Morgan fingerprint density at radius 2 is 2.33 bits per heavy atom. The first-order valence-corrected chi connectivity index (χ1v) is 4.21. The number of carbonyl (C=O) groups is 2. The number of amides is 1. The highest BCUT2D eigenvalue weighted by atomic mass is 16.4. The van der Waals surface area contributed by atoms with Gasteiger partial charge in [-0.3, -0.25) is 9.89 Å². The van der Waals surface area contributed by atoms with Crippen LogP contribution in [0.15, 0.2) is 6.20 Å². The predicted octanol–water partition coefficient (Wildman–Crippen LogP) is -1.11. The van der Waals surface area contributed by atoms with Crippen LogP contribution in [-0.4, -0.2) is 44.9 Å². The Bertz CT molecular complexity index is 374. The lowest BCUT2D eigenvalue weighted by atomic mass is 10.2. The molecule has 7 heteroatoms. The number of aromatic amines is 1. The minimum Gasteiger partial charge on any atom is -0.479 e. The SMILES string of the molecule is Cc1[nH]ncc1C(=O)NCC(O)C(=O)O. The van der Waals surface area contributed by atoms with E-state index in [0.29, 0.717) is 11.3 Å². The number of carboxylic acid groups (broad SMARTS) is 1. The first kappa shape index (κ1) is 11.2. The summed E-state index contributed by atoms with van der Waals surface area (Å²) < 4.78 is 0. The van der Waals surface area contributed by atoms with Crippen molar-refractivity contribution in [1.82, 2.24) is 15.5 Å². The molecule has 1 unspecified atom stereocenters. The molecule has 0 spiro atoms. The average Bonchev–Trinajstić information content (AvgIpc) is 2.60. The minimum absolute atomic E-state index is 0.326. The summed E-state index contributed by atoms with van der Waals surface area (Å²) >= 11 is 0. The summed E-state index contributed by atoms with van der Waals surface area (Å²) in [4.78, 5) is 21.6. The van der Waals surface area contributed by atoms with E-state index in [1.807, 2.05) is 0 Å². The molecule has 0 aliphatic carbocycles. The number of aromatic nitrogens is 2. The van der Waals surface area contributed by atoms with E-state index in [2.05, 4.69) is 15.5 Å². The number of aliphatic hydroxyl groups excluding tert-OH is 1. The molecule has 0 radical (unpaired) electrons. The van der Waals surface area contributed by atoms with E-state index in [1.165, 1.54) is 6.20 Å². The van der Waals surface area contributed by atoms with E-state index in [-0.39, 0.29) is 6.54 Å². The fourth-order valence-electron chi connectivity index (χ4n) is 0.952. The van der Waals surface area contributed by atoms with Gasteiger partial charge in [-0.05, 0) is 6.92 Å². The quantitative estimate of drug-likeness (QED) is 0.506. The van der Waals surface area contributed by atoms with Gasteiger partial charge >= 0.3 is 5.97 Å². The van der Waals surface area contributed by atoms with Crippen molar-refractivity contribution in [2.75, 3.05) is 6.54 Å². The van der Waals surface area contributed by atoms with E-state index in [9.17, 15) is 9.59 Å². The summed E-state index contributed by atoms with van der Waals surface area (Å²) in [5.74, 6) is -1.85. The Morgan fingerprint density at radius 3 is 2.80 bits per heavy atom. The smallest absolute Gasteiger partial charge is 0.334 e. The van der Waals surface area contributed by atoms with Gasteiger partial charge in [-0.2, -0.15) is 5.10 Å². The third-order valence-electron chi connectivity index (χ3n) is 1.82. The summed E-state index contributed by atoms with van der Waals surface area (Å²) in [7, 11) is 0. The monoisotopic (exact) mass is 213 g/mol. The first-order chi connectivity index (χ1) is 7.02. The van der Waals surface area contributed by atoms with E-state index in [4.69, 9.17) is 10.2 Å². The van der Waals surface area contributed by atoms with Crippen molar-refractivity contribution in [3.05, 3.63) is 17.5 Å². The van der Waals surface area contributed by atoms with Gasteiger partial charge in [-0.25, -0.2) is 4.79 Å². The predicted molar refractivity (Wildman–Crippen MR) is 49.3 cm³/mol. The lowest BCUT2D eigenvalue weighted by molar-refractivity contribution is -0.146. The lowest BCUT2D eigenvalue weighted by Gasteiger charge is -2.06. The van der Waals surface area contributed by atoms with Crippen LogP contribution in [0.25, 0.3) is 0 Å². The van der Waals surface area contributed by atoms with Gasteiger partial charge in [-0.1, -0.05) is 0 Å². The molecule has 0 aliphatic rings. The molecule has 1 aromatic heterocycles. The van der Waals surface area contributed by atoms with Crippen LogP contribution < -0.4 is 5.32 Å². The number of carboxylic acids is 1. The Morgan fingerprint density at radius 1 is 1.67 bits per heavy atom. The summed E-state index contributed by atoms with van der Waals surface area (Å²) in [5.41, 5.74) is 0.907. The van der Waals surface area contributed by atoms with Gasteiger partial charge in [-0.15, -0.1) is 0 Å². The molecule has 1 atom stereocenters. The Labute approximate surface area is 85.1 Å². The Kier molecular flexibility index (Phi) is 3.40. The largest absolute Gasteiger partial charge is 0.479 e. The fraction of sp³-hybridized carbons (Fsp3) is 0.375. The van der Waals surface area contributed by atoms with Crippen LogP contribution >= 0.6 is 0 Å². The maximum atomic E-state index is 11.4. The average molecular weight is 213 g/mol. The summed E-state index contributed by atoms with van der Waals surface area (Å²) in [6.45, 7) is 1.33. The lowest BCUT2D eigenvalue weighted by Crippen LogP contribution is -2.36. The summed E-state index contributed by atoms with van der Waals surface area (Å²) in [6, 6.07) is 0. The van der Waals surface area contributed by atoms with Crippen molar-refractivity contribution in [3.8, 4) is 0 Å². The second-order valence-corrected chi connectivity index (χ2v) is 2.97. The summed E-state index contributed by atoms with van der Waals surface area (Å²) in [5, 5.41) is 25.8. The van der Waals surface area contributed by atoms with Crippen LogP contribution in [0.1, 0.15) is 16.1 Å². The number of aliphatic hydroxyl groups is 1. The van der Waals surface area contributed by atoms with Gasteiger partial charge in [0.05, 0.1) is 18.3 Å². The van der Waals surface area contributed by atoms with E-state index >= 15 is 0 Å². The zero-order chi connectivity index (χ0) is 11.4. The Hall–Kier alpha value is -1.89. The molecule has 0 saturated heterocycles. The first-order valence-electron chi connectivity index (χ1n) is 4.21. The molecule has 0 aliphatic heterocycles. The molecule has 4 N–H and O–H groups in total. The van der Waals surface area contributed by atoms with Crippen molar-refractivity contribution >= 4 is 11.9 Å². The molecule has 0 fully saturated rings. The molecule has 82 valence electrons. The molecular formula is C8H11N3O4. The van der Waals surface area contributed by atoms with Crippen molar-refractivity contribution in [1.29, 1.82) is 0 Å². The van der Waals surface area contributed by atoms with Crippen LogP contribution in [0.5, 0.6) is 0 Å². The maximum Gasteiger partial charge on any atom is 0.334 e. The second-order valence-electron chi connectivity index (χ2n) is 2.97. The van der Waals surface area contributed by atoms with Crippen LogP contribution in [0.3, 0.4) is 0 Å². The number of carbonyl (C=O) groups excluding carboxylic acids is 1. The Balaban J connectivity index is 2.51. The zero-order valence-electron chi connectivity index (χ0n) is 8.02. The molecule has 1 heterocycles. The van der Waals surface area contributed by atoms with Gasteiger partial charge in [0.2, 0.25) is 0 Å². The number of aryl methyl sites for hydroxylation is 1. The number of rotatable bonds is 4. The molecule has 0 bridgehead atoms. The number of nitrogens with one attached hydrogen (secondary N) is 2. The van der Waals surface area contributed by atoms with Crippen LogP contribution in [0, 0.1) is 6.92 Å². The van der Waals surface area contributed by atoms with Crippen LogP contribution in [0.2, 0.25) is 0 Å². The van der Waals surface area contributed by atoms with E-state index in [1.54, 1.807) is 6.92 Å². The van der Waals surface area contributed by atoms with Crippen molar-refractivity contribution in [3.63, 3.8) is 0 Å². The van der Waals surface area contributed by atoms with Gasteiger partial charge in [0.25, 0.3) is 5.91 Å². The van der Waals surface area contributed by atoms with Crippen molar-refractivity contribution < 1.29 is 19.8 Å². The molecular weight excluding hydrogens is 202 g/mol. The van der Waals surface area contributed by atoms with Crippen molar-refractivity contribution in [2.24, 2.45) is 0 Å². The zero-order valence-corrected chi connectivity index (χ0v) is 8.02. The van der Waals surface area contributed by atoms with E-state index < -0.39 is 18.0 Å². The number of H-pyrrole nitrogens is 1. The number of hydrogen-bond donors (Lipinski definition) is 4. The highest BCUT2D eigenvalue weighted by molar-refractivity contribution is 5.95. The number of hydrogen-bond acceptors (Lipinski definition) is 4. The van der Waals surface area contributed by atoms with Gasteiger partial charge in [0.1, 0.15) is 0 Å². The second kappa shape index (κ2) is 4.56. The van der Waals surface area contributed by atoms with Gasteiger partial charge in [0, 0.05) is 5.69 Å². The fourth-order valence-corrected chi connectivity index (χ4v) is 0.952. The highest BCUT2D eigenvalue weighted by Crippen LogP contribution is 2.01. The molecule has 1 aromatic rings. The molecule has 0 saturated carbocycles. The summed E-state index contributed by atoms with van der Waals surface area (Å²) in [6.07, 6.45) is -0.265. The molecule has 0 aromatic carbocycles. The standard InChI is InChI=1S/C8H11N3O4/c1-4-5(2-10-11-4)7(13)9-3-6(12)8(14)15/h2,6,12H,3H2,1H3,(H,9,13)(H,10,11)(H,14,15). The van der Waals surface area contributed by atoms with Crippen LogP contribution in [0.4, 0.5) is 0 Å². The van der Waals surface area contributed by atoms with Crippen LogP contribution in [-0.2, 0) is 4.79 Å². The van der Waals surface area contributed by atoms with Crippen molar-refractivity contribution in [2.45, 2.75) is 13.0 Å². The highest BCUT2D eigenvalue weighted by Gasteiger charge is 2.16. The number of aliphatic carboxylic acids is 1. The van der Waals surface area contributed by atoms with E-state index in [0.717, 1.165) is 0 Å². The minimum atomic E-state index is -1.60. The van der Waals surface area contributed by atoms with Gasteiger partial charge in [0.15, 0.2) is 6.10 Å². The molecule has 15 heavy (non-hydrogen) atoms.